The van der Waals surface area contributed by atoms with E-state index >= 15 is 0 Å². The van der Waals surface area contributed by atoms with E-state index in [9.17, 15) is 0 Å². The normalized spacial score (nSPS) is 16.9. The van der Waals surface area contributed by atoms with Crippen molar-refractivity contribution in [1.29, 1.82) is 5.26 Å². The summed E-state index contributed by atoms with van der Waals surface area (Å²) in [7, 11) is 0. The van der Waals surface area contributed by atoms with Crippen LogP contribution in [0.5, 0.6) is 0 Å². The Kier molecular flexibility index (Phi) is 5.69. The van der Waals surface area contributed by atoms with E-state index < -0.39 is 0 Å². The number of ether oxygens (including phenoxy) is 2. The summed E-state index contributed by atoms with van der Waals surface area (Å²) in [6, 6.07) is 11.7. The predicted molar refractivity (Wildman–Crippen MR) is 74.3 cm³/mol. The maximum atomic E-state index is 8.97. The molecule has 0 spiro atoms. The second-order valence-corrected chi connectivity index (χ2v) is 4.77. The third-order valence-corrected chi connectivity index (χ3v) is 3.37. The van der Waals surface area contributed by atoms with Crippen LogP contribution in [0.15, 0.2) is 34.7 Å². The van der Waals surface area contributed by atoms with Crippen molar-refractivity contribution in [2.75, 3.05) is 26.3 Å². The largest absolute Gasteiger partial charge is 0.465 e. The minimum atomic E-state index is 0.0975. The van der Waals surface area contributed by atoms with Crippen LogP contribution in [0.3, 0.4) is 0 Å². The standard InChI is InChI=1S/C13H15N3O2S/c14-10-13(15-19-16-6-8-17-9-7-16)18-11-12-4-2-1-3-5-12/h1-5H,6-9,11H2. The second kappa shape index (κ2) is 7.79. The highest BCUT2D eigenvalue weighted by Crippen LogP contribution is 2.14. The molecule has 2 rings (SSSR count). The maximum Gasteiger partial charge on any atom is 0.303 e. The van der Waals surface area contributed by atoms with Crippen LogP contribution in [0, 0.1) is 11.3 Å². The molecule has 0 radical (unpaired) electrons. The molecule has 0 N–H and O–H groups in total. The predicted octanol–water partition coefficient (Wildman–Crippen LogP) is 2.02. The van der Waals surface area contributed by atoms with Crippen molar-refractivity contribution in [3.63, 3.8) is 0 Å². The lowest BCUT2D eigenvalue weighted by atomic mass is 10.2. The summed E-state index contributed by atoms with van der Waals surface area (Å²) in [4.78, 5) is 0. The molecule has 1 heterocycles. The molecule has 0 bridgehead atoms. The maximum absolute atomic E-state index is 8.97. The second-order valence-electron chi connectivity index (χ2n) is 3.91. The lowest BCUT2D eigenvalue weighted by Crippen LogP contribution is -2.30. The van der Waals surface area contributed by atoms with Crippen LogP contribution >= 0.6 is 12.1 Å². The first-order valence-electron chi connectivity index (χ1n) is 6.03. The van der Waals surface area contributed by atoms with E-state index in [1.165, 1.54) is 12.1 Å². The van der Waals surface area contributed by atoms with Crippen LogP contribution in [0.4, 0.5) is 0 Å². The van der Waals surface area contributed by atoms with Gasteiger partial charge in [0.15, 0.2) is 6.07 Å². The fraction of sp³-hybridized carbons (Fsp3) is 0.385. The molecule has 0 amide bonds. The molecule has 1 aromatic rings. The number of rotatable bonds is 4. The number of hydrogen-bond acceptors (Lipinski definition) is 6. The Balaban J connectivity index is 1.80. The first-order chi connectivity index (χ1) is 9.38. The van der Waals surface area contributed by atoms with Gasteiger partial charge in [0, 0.05) is 13.1 Å². The van der Waals surface area contributed by atoms with E-state index in [-0.39, 0.29) is 5.90 Å². The minimum Gasteiger partial charge on any atom is -0.465 e. The highest BCUT2D eigenvalue weighted by Gasteiger charge is 2.11. The van der Waals surface area contributed by atoms with Gasteiger partial charge >= 0.3 is 5.90 Å². The Hall–Kier alpha value is -1.55. The molecular formula is C13H15N3O2S. The van der Waals surface area contributed by atoms with Crippen molar-refractivity contribution >= 4 is 18.0 Å². The zero-order valence-corrected chi connectivity index (χ0v) is 11.3. The van der Waals surface area contributed by atoms with Gasteiger partial charge in [-0.15, -0.1) is 0 Å². The number of morpholine rings is 1. The zero-order valence-electron chi connectivity index (χ0n) is 10.5. The summed E-state index contributed by atoms with van der Waals surface area (Å²) in [5, 5.41) is 8.97. The SMILES string of the molecule is N#CC(=NSN1CCOCC1)OCc1ccccc1. The van der Waals surface area contributed by atoms with Crippen molar-refractivity contribution < 1.29 is 9.47 Å². The van der Waals surface area contributed by atoms with E-state index in [0.717, 1.165) is 18.7 Å². The molecule has 6 heteroatoms. The van der Waals surface area contributed by atoms with Crippen molar-refractivity contribution in [2.45, 2.75) is 6.61 Å². The van der Waals surface area contributed by atoms with Gasteiger partial charge in [0.05, 0.1) is 25.3 Å². The molecule has 1 aliphatic heterocycles. The molecule has 0 saturated carbocycles. The Morgan fingerprint density at radius 2 is 2.11 bits per heavy atom. The van der Waals surface area contributed by atoms with Crippen molar-refractivity contribution in [2.24, 2.45) is 4.40 Å². The van der Waals surface area contributed by atoms with E-state index in [0.29, 0.717) is 19.8 Å². The summed E-state index contributed by atoms with van der Waals surface area (Å²) < 4.78 is 16.8. The van der Waals surface area contributed by atoms with Gasteiger partial charge in [-0.1, -0.05) is 30.3 Å². The zero-order chi connectivity index (χ0) is 13.3. The first kappa shape index (κ1) is 13.9. The molecule has 1 fully saturated rings. The summed E-state index contributed by atoms with van der Waals surface area (Å²) in [5.74, 6) is 0.0975. The number of hydrogen-bond donors (Lipinski definition) is 0. The number of nitriles is 1. The van der Waals surface area contributed by atoms with Gasteiger partial charge in [-0.3, -0.25) is 0 Å². The van der Waals surface area contributed by atoms with Crippen molar-refractivity contribution in [3.8, 4) is 6.07 Å². The molecule has 1 aromatic carbocycles. The molecule has 0 unspecified atom stereocenters. The van der Waals surface area contributed by atoms with Crippen LogP contribution in [-0.4, -0.2) is 36.5 Å². The fourth-order valence-electron chi connectivity index (χ4n) is 1.53. The van der Waals surface area contributed by atoms with Crippen LogP contribution in [0.2, 0.25) is 0 Å². The Bertz CT molecular complexity index is 453. The summed E-state index contributed by atoms with van der Waals surface area (Å²) in [5.41, 5.74) is 1.02. The Morgan fingerprint density at radius 1 is 1.37 bits per heavy atom. The summed E-state index contributed by atoms with van der Waals surface area (Å²) >= 11 is 1.26. The van der Waals surface area contributed by atoms with E-state index in [1.807, 2.05) is 40.7 Å². The monoisotopic (exact) mass is 277 g/mol. The van der Waals surface area contributed by atoms with Gasteiger partial charge in [0.2, 0.25) is 0 Å². The molecular weight excluding hydrogens is 262 g/mol. The molecule has 1 aliphatic rings. The van der Waals surface area contributed by atoms with Crippen LogP contribution in [0.25, 0.3) is 0 Å². The van der Waals surface area contributed by atoms with E-state index in [2.05, 4.69) is 4.40 Å². The Morgan fingerprint density at radius 3 is 2.79 bits per heavy atom. The van der Waals surface area contributed by atoms with Crippen molar-refractivity contribution in [3.05, 3.63) is 35.9 Å². The third-order valence-electron chi connectivity index (χ3n) is 2.52. The third kappa shape index (κ3) is 4.91. The Labute approximate surface area is 117 Å². The first-order valence-corrected chi connectivity index (χ1v) is 6.76. The van der Waals surface area contributed by atoms with Gasteiger partial charge in [0.25, 0.3) is 0 Å². The molecule has 1 saturated heterocycles. The minimum absolute atomic E-state index is 0.0975. The topological polar surface area (TPSA) is 57.9 Å². The highest BCUT2D eigenvalue weighted by atomic mass is 32.2. The van der Waals surface area contributed by atoms with Crippen molar-refractivity contribution in [1.82, 2.24) is 4.31 Å². The van der Waals surface area contributed by atoms with Crippen LogP contribution < -0.4 is 0 Å². The molecule has 0 atom stereocenters. The van der Waals surface area contributed by atoms with Gasteiger partial charge in [0.1, 0.15) is 6.61 Å². The van der Waals surface area contributed by atoms with Gasteiger partial charge in [-0.05, 0) is 5.56 Å². The van der Waals surface area contributed by atoms with Gasteiger partial charge in [-0.2, -0.15) is 9.66 Å². The molecule has 5 nitrogen and oxygen atoms in total. The molecule has 19 heavy (non-hydrogen) atoms. The quantitative estimate of drug-likeness (QED) is 0.479. The average molecular weight is 277 g/mol. The van der Waals surface area contributed by atoms with E-state index in [4.69, 9.17) is 14.7 Å². The molecule has 0 aromatic heterocycles. The lowest BCUT2D eigenvalue weighted by molar-refractivity contribution is 0.0773. The highest BCUT2D eigenvalue weighted by molar-refractivity contribution is 7.95. The number of benzene rings is 1. The molecule has 100 valence electrons. The van der Waals surface area contributed by atoms with Gasteiger partial charge in [-0.25, -0.2) is 4.31 Å². The summed E-state index contributed by atoms with van der Waals surface area (Å²) in [6.07, 6.45) is 0. The summed E-state index contributed by atoms with van der Waals surface area (Å²) in [6.45, 7) is 3.39. The van der Waals surface area contributed by atoms with Crippen LogP contribution in [0.1, 0.15) is 5.56 Å². The number of nitrogens with zero attached hydrogens (tertiary/aromatic N) is 3. The van der Waals surface area contributed by atoms with Gasteiger partial charge < -0.3 is 9.47 Å². The average Bonchev–Trinajstić information content (AvgIpc) is 2.49. The lowest BCUT2D eigenvalue weighted by Gasteiger charge is -2.22. The smallest absolute Gasteiger partial charge is 0.303 e. The fourth-order valence-corrected chi connectivity index (χ4v) is 2.12. The molecule has 0 aliphatic carbocycles. The van der Waals surface area contributed by atoms with E-state index in [1.54, 1.807) is 0 Å². The van der Waals surface area contributed by atoms with Crippen LogP contribution in [-0.2, 0) is 16.1 Å².